The van der Waals surface area contributed by atoms with Gasteiger partial charge in [-0.3, -0.25) is 4.90 Å². The van der Waals surface area contributed by atoms with Crippen LogP contribution in [0.2, 0.25) is 0 Å². The zero-order chi connectivity index (χ0) is 15.2. The second kappa shape index (κ2) is 10.6. The lowest BCUT2D eigenvalue weighted by Gasteiger charge is -2.33. The van der Waals surface area contributed by atoms with E-state index in [0.717, 1.165) is 31.9 Å². The van der Waals surface area contributed by atoms with Gasteiger partial charge in [-0.05, 0) is 30.2 Å². The van der Waals surface area contributed by atoms with E-state index in [2.05, 4.69) is 47.5 Å². The summed E-state index contributed by atoms with van der Waals surface area (Å²) in [7, 11) is 0. The van der Waals surface area contributed by atoms with E-state index in [0.29, 0.717) is 12.6 Å². The van der Waals surface area contributed by atoms with Gasteiger partial charge >= 0.3 is 0 Å². The third kappa shape index (κ3) is 5.67. The summed E-state index contributed by atoms with van der Waals surface area (Å²) in [5.74, 6) is 0.948. The molecule has 132 valence electrons. The van der Waals surface area contributed by atoms with E-state index in [1.165, 1.54) is 11.1 Å². The summed E-state index contributed by atoms with van der Waals surface area (Å²) < 4.78 is 5.94. The smallest absolute Gasteiger partial charge is 0.120 e. The van der Waals surface area contributed by atoms with Crippen molar-refractivity contribution in [1.29, 1.82) is 0 Å². The summed E-state index contributed by atoms with van der Waals surface area (Å²) in [5.41, 5.74) is 2.52. The van der Waals surface area contributed by atoms with Gasteiger partial charge in [0.15, 0.2) is 0 Å². The Hall–Kier alpha value is -1.26. The summed E-state index contributed by atoms with van der Waals surface area (Å²) >= 11 is 0. The van der Waals surface area contributed by atoms with Gasteiger partial charge in [-0.25, -0.2) is 0 Å². The molecule has 0 unspecified atom stereocenters. The van der Waals surface area contributed by atoms with Crippen LogP contribution in [0.25, 0.3) is 0 Å². The first-order chi connectivity index (χ1) is 10.8. The number of halogens is 2. The summed E-state index contributed by atoms with van der Waals surface area (Å²) in [6.45, 7) is 7.27. The van der Waals surface area contributed by atoms with Crippen molar-refractivity contribution in [2.75, 3.05) is 26.2 Å². The largest absolute Gasteiger partial charge is 0.489 e. The molecule has 1 saturated heterocycles. The molecule has 0 amide bonds. The SMILES string of the molecule is C[C@H](c1cccc(OCc2ccccc2)c1)N1CCNCC1.Cl.Cl. The molecule has 0 saturated carbocycles. The highest BCUT2D eigenvalue weighted by Crippen LogP contribution is 2.24. The van der Waals surface area contributed by atoms with E-state index in [1.807, 2.05) is 24.3 Å². The van der Waals surface area contributed by atoms with Gasteiger partial charge in [-0.15, -0.1) is 24.8 Å². The average Bonchev–Trinajstić information content (AvgIpc) is 2.61. The quantitative estimate of drug-likeness (QED) is 0.860. The number of nitrogens with one attached hydrogen (secondary N) is 1. The minimum absolute atomic E-state index is 0. The Balaban J connectivity index is 0.00000144. The number of ether oxygens (including phenoxy) is 1. The van der Waals surface area contributed by atoms with Gasteiger partial charge in [0, 0.05) is 32.2 Å². The fourth-order valence-electron chi connectivity index (χ4n) is 2.89. The van der Waals surface area contributed by atoms with Crippen LogP contribution in [-0.4, -0.2) is 31.1 Å². The summed E-state index contributed by atoms with van der Waals surface area (Å²) in [6, 6.07) is 19.2. The molecule has 1 N–H and O–H groups in total. The Morgan fingerprint density at radius 2 is 1.71 bits per heavy atom. The molecule has 24 heavy (non-hydrogen) atoms. The number of hydrogen-bond donors (Lipinski definition) is 1. The lowest BCUT2D eigenvalue weighted by Crippen LogP contribution is -2.44. The second-order valence-electron chi connectivity index (χ2n) is 5.81. The Bertz CT molecular complexity index is 589. The molecule has 0 bridgehead atoms. The van der Waals surface area contributed by atoms with Crippen molar-refractivity contribution in [1.82, 2.24) is 10.2 Å². The lowest BCUT2D eigenvalue weighted by atomic mass is 10.1. The van der Waals surface area contributed by atoms with Gasteiger partial charge < -0.3 is 10.1 Å². The maximum Gasteiger partial charge on any atom is 0.120 e. The molecule has 0 spiro atoms. The number of nitrogens with zero attached hydrogens (tertiary/aromatic N) is 1. The van der Waals surface area contributed by atoms with Gasteiger partial charge in [0.05, 0.1) is 0 Å². The Morgan fingerprint density at radius 3 is 2.42 bits per heavy atom. The van der Waals surface area contributed by atoms with E-state index >= 15 is 0 Å². The van der Waals surface area contributed by atoms with Crippen LogP contribution in [0.5, 0.6) is 5.75 Å². The third-order valence-corrected chi connectivity index (χ3v) is 4.29. The first kappa shape index (κ1) is 20.8. The lowest BCUT2D eigenvalue weighted by molar-refractivity contribution is 0.185. The molecule has 0 aromatic heterocycles. The standard InChI is InChI=1S/C19H24N2O.2ClH/c1-16(21-12-10-20-11-13-21)18-8-5-9-19(14-18)22-15-17-6-3-2-4-7-17;;/h2-9,14,16,20H,10-13,15H2,1H3;2*1H/t16-;;/m1../s1. The van der Waals surface area contributed by atoms with E-state index < -0.39 is 0 Å². The zero-order valence-corrected chi connectivity index (χ0v) is 15.6. The van der Waals surface area contributed by atoms with Crippen molar-refractivity contribution in [3.63, 3.8) is 0 Å². The monoisotopic (exact) mass is 368 g/mol. The zero-order valence-electron chi connectivity index (χ0n) is 14.0. The van der Waals surface area contributed by atoms with E-state index in [1.54, 1.807) is 0 Å². The molecule has 2 aromatic rings. The van der Waals surface area contributed by atoms with Crippen LogP contribution in [0, 0.1) is 0 Å². The normalized spacial score (nSPS) is 15.7. The van der Waals surface area contributed by atoms with E-state index in [-0.39, 0.29) is 24.8 Å². The second-order valence-corrected chi connectivity index (χ2v) is 5.81. The summed E-state index contributed by atoms with van der Waals surface area (Å²) in [6.07, 6.45) is 0. The van der Waals surface area contributed by atoms with Crippen molar-refractivity contribution in [3.8, 4) is 5.75 Å². The van der Waals surface area contributed by atoms with Crippen LogP contribution >= 0.6 is 24.8 Å². The van der Waals surface area contributed by atoms with Gasteiger partial charge in [-0.2, -0.15) is 0 Å². The molecule has 1 aliphatic rings. The first-order valence-corrected chi connectivity index (χ1v) is 8.04. The minimum Gasteiger partial charge on any atom is -0.489 e. The number of rotatable bonds is 5. The van der Waals surface area contributed by atoms with Gasteiger partial charge in [0.1, 0.15) is 12.4 Å². The van der Waals surface area contributed by atoms with Crippen molar-refractivity contribution in [2.45, 2.75) is 19.6 Å². The van der Waals surface area contributed by atoms with Gasteiger partial charge in [0.2, 0.25) is 0 Å². The highest BCUT2D eigenvalue weighted by Gasteiger charge is 2.18. The predicted molar refractivity (Wildman–Crippen MR) is 105 cm³/mol. The van der Waals surface area contributed by atoms with Crippen LogP contribution in [0.4, 0.5) is 0 Å². The van der Waals surface area contributed by atoms with Crippen molar-refractivity contribution in [3.05, 3.63) is 65.7 Å². The fraction of sp³-hybridized carbons (Fsp3) is 0.368. The average molecular weight is 369 g/mol. The molecule has 3 nitrogen and oxygen atoms in total. The highest BCUT2D eigenvalue weighted by molar-refractivity contribution is 5.85. The van der Waals surface area contributed by atoms with Gasteiger partial charge in [0.25, 0.3) is 0 Å². The van der Waals surface area contributed by atoms with Crippen LogP contribution in [0.3, 0.4) is 0 Å². The maximum absolute atomic E-state index is 5.94. The van der Waals surface area contributed by atoms with Crippen LogP contribution in [0.15, 0.2) is 54.6 Å². The van der Waals surface area contributed by atoms with E-state index in [9.17, 15) is 0 Å². The molecule has 5 heteroatoms. The topological polar surface area (TPSA) is 24.5 Å². The molecule has 1 atom stereocenters. The van der Waals surface area contributed by atoms with Crippen molar-refractivity contribution < 1.29 is 4.74 Å². The highest BCUT2D eigenvalue weighted by atomic mass is 35.5. The van der Waals surface area contributed by atoms with Gasteiger partial charge in [-0.1, -0.05) is 42.5 Å². The summed E-state index contributed by atoms with van der Waals surface area (Å²) in [4.78, 5) is 2.52. The minimum atomic E-state index is 0. The molecule has 1 aliphatic heterocycles. The molecular weight excluding hydrogens is 343 g/mol. The Morgan fingerprint density at radius 1 is 1.00 bits per heavy atom. The first-order valence-electron chi connectivity index (χ1n) is 8.04. The van der Waals surface area contributed by atoms with Crippen LogP contribution in [0.1, 0.15) is 24.1 Å². The maximum atomic E-state index is 5.94. The van der Waals surface area contributed by atoms with E-state index in [4.69, 9.17) is 4.74 Å². The molecular formula is C19H26Cl2N2O. The summed E-state index contributed by atoms with van der Waals surface area (Å²) in [5, 5.41) is 3.40. The van der Waals surface area contributed by atoms with Crippen LogP contribution in [-0.2, 0) is 6.61 Å². The number of piperazine rings is 1. The molecule has 2 aromatic carbocycles. The molecule has 0 radical (unpaired) electrons. The number of benzene rings is 2. The third-order valence-electron chi connectivity index (χ3n) is 4.29. The number of hydrogen-bond acceptors (Lipinski definition) is 3. The van der Waals surface area contributed by atoms with Crippen molar-refractivity contribution >= 4 is 24.8 Å². The Labute approximate surface area is 157 Å². The predicted octanol–water partition coefficient (Wildman–Crippen LogP) is 4.08. The van der Waals surface area contributed by atoms with Crippen molar-refractivity contribution in [2.24, 2.45) is 0 Å². The molecule has 1 fully saturated rings. The molecule has 0 aliphatic carbocycles. The van der Waals surface area contributed by atoms with Crippen LogP contribution < -0.4 is 10.1 Å². The molecule has 3 rings (SSSR count). The fourth-order valence-corrected chi connectivity index (χ4v) is 2.89. The molecule has 1 heterocycles. The Kier molecular flexibility index (Phi) is 9.16.